The number of imidazole rings is 1. The van der Waals surface area contributed by atoms with E-state index in [-0.39, 0.29) is 17.2 Å². The molecule has 0 aliphatic carbocycles. The van der Waals surface area contributed by atoms with Crippen LogP contribution in [0.5, 0.6) is 0 Å². The van der Waals surface area contributed by atoms with Crippen LogP contribution in [0, 0.1) is 6.92 Å². The predicted molar refractivity (Wildman–Crippen MR) is 92.8 cm³/mol. The first kappa shape index (κ1) is 17.1. The average molecular weight is 383 g/mol. The van der Waals surface area contributed by atoms with Crippen LogP contribution in [0.2, 0.25) is 0 Å². The molecule has 0 unspecified atom stereocenters. The van der Waals surface area contributed by atoms with Gasteiger partial charge in [0.25, 0.3) is 10.0 Å². The minimum absolute atomic E-state index is 0.0502. The van der Waals surface area contributed by atoms with Crippen molar-refractivity contribution >= 4 is 21.4 Å². The molecule has 2 fully saturated rings. The van der Waals surface area contributed by atoms with Crippen molar-refractivity contribution < 1.29 is 13.2 Å². The molecule has 8 nitrogen and oxygen atoms in total. The van der Waals surface area contributed by atoms with Gasteiger partial charge in [-0.2, -0.15) is 4.31 Å². The van der Waals surface area contributed by atoms with Crippen molar-refractivity contribution in [3.63, 3.8) is 0 Å². The molecule has 0 amide bonds. The highest BCUT2D eigenvalue weighted by Crippen LogP contribution is 2.28. The summed E-state index contributed by atoms with van der Waals surface area (Å²) in [5.74, 6) is 0. The van der Waals surface area contributed by atoms with Crippen molar-refractivity contribution in [2.75, 3.05) is 26.2 Å². The first-order valence-corrected chi connectivity index (χ1v) is 10.5. The van der Waals surface area contributed by atoms with Crippen LogP contribution in [0.1, 0.15) is 10.7 Å². The normalized spacial score (nSPS) is 25.4. The number of ether oxygens (including phenoxy) is 1. The highest BCUT2D eigenvalue weighted by molar-refractivity contribution is 7.89. The SMILES string of the molecule is Cc1nc(CN2CCO[C@H]3CN(S(=O)(=O)c4cn(C)cn4)C[C@H]32)cs1. The third-order valence-electron chi connectivity index (χ3n) is 4.70. The number of hydrogen-bond donors (Lipinski definition) is 0. The molecule has 0 bridgehead atoms. The number of nitrogens with zero attached hydrogens (tertiary/aromatic N) is 5. The molecule has 0 radical (unpaired) electrons. The number of rotatable bonds is 4. The monoisotopic (exact) mass is 383 g/mol. The minimum atomic E-state index is -3.59. The van der Waals surface area contributed by atoms with Gasteiger partial charge in [-0.05, 0) is 6.92 Å². The quantitative estimate of drug-likeness (QED) is 0.763. The summed E-state index contributed by atoms with van der Waals surface area (Å²) in [4.78, 5) is 10.8. The van der Waals surface area contributed by atoms with Gasteiger partial charge in [0.15, 0.2) is 5.03 Å². The fourth-order valence-electron chi connectivity index (χ4n) is 3.46. The van der Waals surface area contributed by atoms with Crippen molar-refractivity contribution in [3.05, 3.63) is 28.6 Å². The van der Waals surface area contributed by atoms with Crippen LogP contribution in [-0.2, 0) is 28.4 Å². The Morgan fingerprint density at radius 3 is 2.92 bits per heavy atom. The summed E-state index contributed by atoms with van der Waals surface area (Å²) in [6.45, 7) is 4.92. The number of aromatic nitrogens is 3. The van der Waals surface area contributed by atoms with Crippen LogP contribution < -0.4 is 0 Å². The lowest BCUT2D eigenvalue weighted by Gasteiger charge is -2.36. The smallest absolute Gasteiger partial charge is 0.262 e. The third-order valence-corrected chi connectivity index (χ3v) is 7.24. The Labute approximate surface area is 151 Å². The number of morpholine rings is 1. The fourth-order valence-corrected chi connectivity index (χ4v) is 5.50. The van der Waals surface area contributed by atoms with Crippen molar-refractivity contribution in [3.8, 4) is 0 Å². The van der Waals surface area contributed by atoms with E-state index in [9.17, 15) is 8.42 Å². The summed E-state index contributed by atoms with van der Waals surface area (Å²) >= 11 is 1.64. The largest absolute Gasteiger partial charge is 0.374 e. The molecule has 136 valence electrons. The maximum absolute atomic E-state index is 12.8. The van der Waals surface area contributed by atoms with Crippen LogP contribution >= 0.6 is 11.3 Å². The van der Waals surface area contributed by atoms with Crippen LogP contribution in [0.25, 0.3) is 0 Å². The first-order valence-electron chi connectivity index (χ1n) is 8.18. The van der Waals surface area contributed by atoms with Gasteiger partial charge in [-0.1, -0.05) is 0 Å². The highest BCUT2D eigenvalue weighted by atomic mass is 32.2. The lowest BCUT2D eigenvalue weighted by molar-refractivity contribution is -0.0505. The summed E-state index contributed by atoms with van der Waals surface area (Å²) in [6, 6.07) is 0.0502. The number of thiazole rings is 1. The second-order valence-corrected chi connectivity index (χ2v) is 9.45. The molecule has 10 heteroatoms. The lowest BCUT2D eigenvalue weighted by Crippen LogP contribution is -2.50. The molecule has 2 aromatic rings. The number of sulfonamides is 1. The van der Waals surface area contributed by atoms with Crippen LogP contribution in [0.15, 0.2) is 22.9 Å². The first-order chi connectivity index (χ1) is 11.9. The van der Waals surface area contributed by atoms with E-state index < -0.39 is 10.0 Å². The number of hydrogen-bond acceptors (Lipinski definition) is 7. The van der Waals surface area contributed by atoms with E-state index in [0.717, 1.165) is 23.8 Å². The van der Waals surface area contributed by atoms with Crippen molar-refractivity contribution in [2.45, 2.75) is 30.6 Å². The molecule has 0 saturated carbocycles. The Bertz CT molecular complexity index is 862. The van der Waals surface area contributed by atoms with Gasteiger partial charge in [-0.3, -0.25) is 4.90 Å². The fraction of sp³-hybridized carbons (Fsp3) is 0.600. The molecule has 4 heterocycles. The molecule has 0 spiro atoms. The molecule has 2 atom stereocenters. The molecule has 2 aliphatic rings. The van der Waals surface area contributed by atoms with Gasteiger partial charge in [-0.15, -0.1) is 11.3 Å². The van der Waals surface area contributed by atoms with Crippen LogP contribution in [0.4, 0.5) is 0 Å². The Balaban J connectivity index is 1.52. The molecule has 0 N–H and O–H groups in total. The summed E-state index contributed by atoms with van der Waals surface area (Å²) in [7, 11) is -1.83. The van der Waals surface area contributed by atoms with Gasteiger partial charge in [0.2, 0.25) is 0 Å². The lowest BCUT2D eigenvalue weighted by atomic mass is 10.1. The van der Waals surface area contributed by atoms with Crippen LogP contribution in [0.3, 0.4) is 0 Å². The highest BCUT2D eigenvalue weighted by Gasteiger charge is 2.45. The summed E-state index contributed by atoms with van der Waals surface area (Å²) in [5.41, 5.74) is 1.04. The van der Waals surface area contributed by atoms with E-state index in [2.05, 4.69) is 20.2 Å². The Hall–Kier alpha value is -1.33. The maximum Gasteiger partial charge on any atom is 0.262 e. The van der Waals surface area contributed by atoms with E-state index in [1.165, 1.54) is 16.8 Å². The van der Waals surface area contributed by atoms with Crippen molar-refractivity contribution in [1.82, 2.24) is 23.7 Å². The maximum atomic E-state index is 12.8. The number of aryl methyl sites for hydroxylation is 2. The van der Waals surface area contributed by atoms with E-state index in [1.54, 1.807) is 23.0 Å². The van der Waals surface area contributed by atoms with E-state index in [0.29, 0.717) is 19.7 Å². The van der Waals surface area contributed by atoms with E-state index >= 15 is 0 Å². The van der Waals surface area contributed by atoms with Gasteiger partial charge in [0, 0.05) is 44.8 Å². The summed E-state index contributed by atoms with van der Waals surface area (Å²) in [5, 5.41) is 3.21. The van der Waals surface area contributed by atoms with Gasteiger partial charge < -0.3 is 9.30 Å². The van der Waals surface area contributed by atoms with Gasteiger partial charge in [0.05, 0.1) is 35.8 Å². The van der Waals surface area contributed by atoms with Crippen molar-refractivity contribution in [2.24, 2.45) is 7.05 Å². The third kappa shape index (κ3) is 3.24. The van der Waals surface area contributed by atoms with E-state index in [1.807, 2.05) is 6.92 Å². The Kier molecular flexibility index (Phi) is 4.40. The van der Waals surface area contributed by atoms with E-state index in [4.69, 9.17) is 4.74 Å². The molecule has 2 aliphatic heterocycles. The molecule has 4 rings (SSSR count). The summed E-state index contributed by atoms with van der Waals surface area (Å²) in [6.07, 6.45) is 2.93. The zero-order chi connectivity index (χ0) is 17.6. The molecular formula is C15H21N5O3S2. The van der Waals surface area contributed by atoms with Crippen molar-refractivity contribution in [1.29, 1.82) is 0 Å². The second kappa shape index (κ2) is 6.44. The predicted octanol–water partition coefficient (Wildman–Crippen LogP) is 0.459. The summed E-state index contributed by atoms with van der Waals surface area (Å²) < 4.78 is 34.6. The Morgan fingerprint density at radius 2 is 2.24 bits per heavy atom. The molecule has 25 heavy (non-hydrogen) atoms. The Morgan fingerprint density at radius 1 is 1.40 bits per heavy atom. The second-order valence-electron chi connectivity index (χ2n) is 6.50. The van der Waals surface area contributed by atoms with Crippen LogP contribution in [-0.4, -0.2) is 70.5 Å². The van der Waals surface area contributed by atoms with Gasteiger partial charge in [-0.25, -0.2) is 18.4 Å². The topological polar surface area (TPSA) is 80.6 Å². The number of fused-ring (bicyclic) bond motifs is 1. The zero-order valence-electron chi connectivity index (χ0n) is 14.2. The average Bonchev–Trinajstić information content (AvgIpc) is 3.27. The molecule has 2 saturated heterocycles. The van der Waals surface area contributed by atoms with Gasteiger partial charge >= 0.3 is 0 Å². The molecule has 2 aromatic heterocycles. The zero-order valence-corrected chi connectivity index (χ0v) is 15.8. The van der Waals surface area contributed by atoms with Gasteiger partial charge in [0.1, 0.15) is 0 Å². The molecule has 0 aromatic carbocycles. The minimum Gasteiger partial charge on any atom is -0.374 e. The standard InChI is InChI=1S/C15H21N5O3S2/c1-11-17-12(9-24-11)5-19-3-4-23-14-7-20(6-13(14)19)25(21,22)15-8-18(2)10-16-15/h8-10,13-14H,3-7H2,1-2H3/t13-,14+/m1/s1. The molecular weight excluding hydrogens is 362 g/mol.